The van der Waals surface area contributed by atoms with Crippen LogP contribution in [0.1, 0.15) is 54.6 Å². The molecular weight excluding hydrogens is 274 g/mol. The van der Waals surface area contributed by atoms with Crippen LogP contribution < -0.4 is 5.32 Å². The van der Waals surface area contributed by atoms with Gasteiger partial charge in [0.2, 0.25) is 0 Å². The molecule has 1 aliphatic carbocycles. The first-order valence-electron chi connectivity index (χ1n) is 7.27. The van der Waals surface area contributed by atoms with Crippen molar-refractivity contribution in [2.24, 2.45) is 0 Å². The van der Waals surface area contributed by atoms with Crippen LogP contribution in [0.15, 0.2) is 17.5 Å². The lowest BCUT2D eigenvalue weighted by Crippen LogP contribution is -2.25. The normalized spacial score (nSPS) is 15.8. The van der Waals surface area contributed by atoms with Gasteiger partial charge in [-0.1, -0.05) is 12.5 Å². The SMILES string of the molecule is O=C(CCCNC(=O)c1cccs1)OC1CCCCC1. The quantitative estimate of drug-likeness (QED) is 0.648. The Morgan fingerprint density at radius 1 is 1.30 bits per heavy atom. The highest BCUT2D eigenvalue weighted by molar-refractivity contribution is 7.12. The Morgan fingerprint density at radius 3 is 2.80 bits per heavy atom. The summed E-state index contributed by atoms with van der Waals surface area (Å²) in [4.78, 5) is 24.0. The van der Waals surface area contributed by atoms with E-state index in [-0.39, 0.29) is 18.0 Å². The molecule has 5 heteroatoms. The molecule has 1 N–H and O–H groups in total. The second kappa shape index (κ2) is 8.04. The molecular formula is C15H21NO3S. The molecule has 1 amide bonds. The molecule has 1 aromatic heterocycles. The molecule has 1 heterocycles. The third kappa shape index (κ3) is 4.96. The number of rotatable bonds is 6. The number of thiophene rings is 1. The summed E-state index contributed by atoms with van der Waals surface area (Å²) in [6.45, 7) is 0.510. The van der Waals surface area contributed by atoms with Crippen molar-refractivity contribution in [1.29, 1.82) is 0 Å². The minimum Gasteiger partial charge on any atom is -0.462 e. The van der Waals surface area contributed by atoms with E-state index in [1.54, 1.807) is 6.07 Å². The van der Waals surface area contributed by atoms with E-state index in [2.05, 4.69) is 5.32 Å². The van der Waals surface area contributed by atoms with Gasteiger partial charge in [0.25, 0.3) is 5.91 Å². The Morgan fingerprint density at radius 2 is 2.10 bits per heavy atom. The van der Waals surface area contributed by atoms with Crippen molar-refractivity contribution in [3.8, 4) is 0 Å². The van der Waals surface area contributed by atoms with Crippen LogP contribution in [0, 0.1) is 0 Å². The van der Waals surface area contributed by atoms with Crippen LogP contribution in [0.5, 0.6) is 0 Å². The first-order chi connectivity index (χ1) is 9.75. The fourth-order valence-corrected chi connectivity index (χ4v) is 3.00. The maximum Gasteiger partial charge on any atom is 0.306 e. The van der Waals surface area contributed by atoms with E-state index in [9.17, 15) is 9.59 Å². The second-order valence-electron chi connectivity index (χ2n) is 5.09. The van der Waals surface area contributed by atoms with Gasteiger partial charge in [-0.25, -0.2) is 0 Å². The predicted octanol–water partition coefficient (Wildman–Crippen LogP) is 3.13. The van der Waals surface area contributed by atoms with Crippen LogP contribution in [0.25, 0.3) is 0 Å². The van der Waals surface area contributed by atoms with Crippen molar-refractivity contribution < 1.29 is 14.3 Å². The summed E-state index contributed by atoms with van der Waals surface area (Å²) in [6, 6.07) is 3.64. The average molecular weight is 295 g/mol. The Bertz CT molecular complexity index is 424. The number of amides is 1. The highest BCUT2D eigenvalue weighted by Crippen LogP contribution is 2.20. The van der Waals surface area contributed by atoms with E-state index < -0.39 is 0 Å². The van der Waals surface area contributed by atoms with Crippen LogP contribution in [0.3, 0.4) is 0 Å². The fraction of sp³-hybridized carbons (Fsp3) is 0.600. The molecule has 4 nitrogen and oxygen atoms in total. The zero-order chi connectivity index (χ0) is 14.2. The highest BCUT2D eigenvalue weighted by Gasteiger charge is 2.17. The lowest BCUT2D eigenvalue weighted by atomic mass is 9.98. The molecule has 2 rings (SSSR count). The Kier molecular flexibility index (Phi) is 6.05. The summed E-state index contributed by atoms with van der Waals surface area (Å²) < 4.78 is 5.42. The number of carbonyl (C=O) groups is 2. The van der Waals surface area contributed by atoms with Crippen molar-refractivity contribution in [2.45, 2.75) is 51.0 Å². The summed E-state index contributed by atoms with van der Waals surface area (Å²) in [6.07, 6.45) is 6.70. The molecule has 0 spiro atoms. The number of carbonyl (C=O) groups excluding carboxylic acids is 2. The van der Waals surface area contributed by atoms with Gasteiger partial charge in [-0.05, 0) is 43.6 Å². The minimum absolute atomic E-state index is 0.0688. The topological polar surface area (TPSA) is 55.4 Å². The first kappa shape index (κ1) is 15.0. The summed E-state index contributed by atoms with van der Waals surface area (Å²) in [5.74, 6) is -0.206. The van der Waals surface area contributed by atoms with Crippen LogP contribution in [-0.2, 0) is 9.53 Å². The molecule has 0 atom stereocenters. The van der Waals surface area contributed by atoms with Crippen molar-refractivity contribution in [1.82, 2.24) is 5.32 Å². The molecule has 1 aliphatic rings. The lowest BCUT2D eigenvalue weighted by molar-refractivity contribution is -0.150. The van der Waals surface area contributed by atoms with Gasteiger partial charge >= 0.3 is 5.97 Å². The Balaban J connectivity index is 1.56. The van der Waals surface area contributed by atoms with Crippen LogP contribution in [0.4, 0.5) is 0 Å². The van der Waals surface area contributed by atoms with Crippen LogP contribution in [0.2, 0.25) is 0 Å². The average Bonchev–Trinajstić information content (AvgIpc) is 2.99. The lowest BCUT2D eigenvalue weighted by Gasteiger charge is -2.21. The van der Waals surface area contributed by atoms with Crippen molar-refractivity contribution >= 4 is 23.2 Å². The third-order valence-corrected chi connectivity index (χ3v) is 4.31. The summed E-state index contributed by atoms with van der Waals surface area (Å²) >= 11 is 1.41. The van der Waals surface area contributed by atoms with Crippen molar-refractivity contribution in [3.05, 3.63) is 22.4 Å². The van der Waals surface area contributed by atoms with E-state index in [4.69, 9.17) is 4.74 Å². The molecule has 0 bridgehead atoms. The largest absolute Gasteiger partial charge is 0.462 e. The minimum atomic E-state index is -0.137. The van der Waals surface area contributed by atoms with E-state index >= 15 is 0 Å². The molecule has 1 fully saturated rings. The summed E-state index contributed by atoms with van der Waals surface area (Å²) in [5.41, 5.74) is 0. The van der Waals surface area contributed by atoms with Crippen LogP contribution in [-0.4, -0.2) is 24.5 Å². The zero-order valence-electron chi connectivity index (χ0n) is 11.6. The molecule has 110 valence electrons. The van der Waals surface area contributed by atoms with Crippen molar-refractivity contribution in [2.75, 3.05) is 6.54 Å². The van der Waals surface area contributed by atoms with Crippen molar-refractivity contribution in [3.63, 3.8) is 0 Å². The highest BCUT2D eigenvalue weighted by atomic mass is 32.1. The molecule has 0 saturated heterocycles. The number of hydrogen-bond acceptors (Lipinski definition) is 4. The standard InChI is InChI=1S/C15H21NO3S/c17-14(19-12-6-2-1-3-7-12)9-4-10-16-15(18)13-8-5-11-20-13/h5,8,11-12H,1-4,6-7,9-10H2,(H,16,18). The van der Waals surface area contributed by atoms with E-state index in [0.29, 0.717) is 24.3 Å². The molecule has 1 aromatic rings. The number of esters is 1. The van der Waals surface area contributed by atoms with Gasteiger partial charge < -0.3 is 10.1 Å². The van der Waals surface area contributed by atoms with Gasteiger partial charge in [0, 0.05) is 13.0 Å². The second-order valence-corrected chi connectivity index (χ2v) is 6.03. The van der Waals surface area contributed by atoms with Gasteiger partial charge in [0.1, 0.15) is 6.10 Å². The zero-order valence-corrected chi connectivity index (χ0v) is 12.4. The Hall–Kier alpha value is -1.36. The fourth-order valence-electron chi connectivity index (χ4n) is 2.36. The predicted molar refractivity (Wildman–Crippen MR) is 78.9 cm³/mol. The maximum absolute atomic E-state index is 11.7. The number of nitrogens with one attached hydrogen (secondary N) is 1. The van der Waals surface area contributed by atoms with Gasteiger partial charge in [-0.2, -0.15) is 0 Å². The summed E-state index contributed by atoms with van der Waals surface area (Å²) in [5, 5.41) is 4.68. The Labute approximate surface area is 123 Å². The van der Waals surface area contributed by atoms with Gasteiger partial charge in [0.05, 0.1) is 4.88 Å². The third-order valence-electron chi connectivity index (χ3n) is 3.44. The number of ether oxygens (including phenoxy) is 1. The van der Waals surface area contributed by atoms with E-state index in [1.165, 1.54) is 17.8 Å². The summed E-state index contributed by atoms with van der Waals surface area (Å²) in [7, 11) is 0. The van der Waals surface area contributed by atoms with Gasteiger partial charge in [-0.15, -0.1) is 11.3 Å². The number of hydrogen-bond donors (Lipinski definition) is 1. The molecule has 0 radical (unpaired) electrons. The monoisotopic (exact) mass is 295 g/mol. The maximum atomic E-state index is 11.7. The molecule has 20 heavy (non-hydrogen) atoms. The first-order valence-corrected chi connectivity index (χ1v) is 8.15. The van der Waals surface area contributed by atoms with Crippen LogP contribution >= 0.6 is 11.3 Å². The molecule has 0 aromatic carbocycles. The molecule has 0 aliphatic heterocycles. The van der Waals surface area contributed by atoms with E-state index in [0.717, 1.165) is 25.7 Å². The molecule has 0 unspecified atom stereocenters. The van der Waals surface area contributed by atoms with Gasteiger partial charge in [0.15, 0.2) is 0 Å². The van der Waals surface area contributed by atoms with Gasteiger partial charge in [-0.3, -0.25) is 9.59 Å². The smallest absolute Gasteiger partial charge is 0.306 e. The molecule has 1 saturated carbocycles. The van der Waals surface area contributed by atoms with E-state index in [1.807, 2.05) is 11.4 Å².